The molecule has 94 valence electrons. The smallest absolute Gasteiger partial charge is 0.251 e. The van der Waals surface area contributed by atoms with Crippen LogP contribution in [0.25, 0.3) is 0 Å². The molecule has 0 aromatic heterocycles. The number of hydrogen-bond acceptors (Lipinski definition) is 2. The lowest BCUT2D eigenvalue weighted by atomic mass is 10.1. The maximum absolute atomic E-state index is 11.8. The van der Waals surface area contributed by atoms with E-state index in [-0.39, 0.29) is 12.0 Å². The number of carbonyl (C=O) groups is 1. The molecule has 1 atom stereocenters. The van der Waals surface area contributed by atoms with Crippen LogP contribution in [-0.4, -0.2) is 23.7 Å². The van der Waals surface area contributed by atoms with Crippen LogP contribution in [0.4, 0.5) is 0 Å². The molecule has 1 aromatic rings. The Balaban J connectivity index is 2.50. The third-order valence-corrected chi connectivity index (χ3v) is 3.54. The van der Waals surface area contributed by atoms with E-state index in [1.807, 2.05) is 26.0 Å². The molecule has 2 N–H and O–H groups in total. The van der Waals surface area contributed by atoms with E-state index in [4.69, 9.17) is 0 Å². The van der Waals surface area contributed by atoms with Crippen LogP contribution in [0.3, 0.4) is 0 Å². The molecule has 4 heteroatoms. The van der Waals surface area contributed by atoms with Crippen molar-refractivity contribution < 1.29 is 9.90 Å². The van der Waals surface area contributed by atoms with E-state index in [0.29, 0.717) is 24.9 Å². The monoisotopic (exact) mass is 299 g/mol. The number of aliphatic hydroxyl groups excluding tert-OH is 1. The van der Waals surface area contributed by atoms with Gasteiger partial charge in [0.1, 0.15) is 0 Å². The highest BCUT2D eigenvalue weighted by Crippen LogP contribution is 2.16. The third kappa shape index (κ3) is 4.48. The fraction of sp³-hybridized carbons (Fsp3) is 0.462. The second-order valence-corrected chi connectivity index (χ2v) is 4.92. The molecule has 0 radical (unpaired) electrons. The maximum atomic E-state index is 11.8. The predicted octanol–water partition coefficient (Wildman–Crippen LogP) is 2.65. The number of aryl methyl sites for hydroxylation is 1. The van der Waals surface area contributed by atoms with Crippen molar-refractivity contribution in [2.24, 2.45) is 0 Å². The van der Waals surface area contributed by atoms with Gasteiger partial charge in [0.25, 0.3) is 5.91 Å². The van der Waals surface area contributed by atoms with Crippen molar-refractivity contribution in [2.75, 3.05) is 6.54 Å². The Morgan fingerprint density at radius 1 is 1.53 bits per heavy atom. The predicted molar refractivity (Wildman–Crippen MR) is 72.1 cm³/mol. The van der Waals surface area contributed by atoms with Crippen LogP contribution in [0.15, 0.2) is 22.7 Å². The van der Waals surface area contributed by atoms with Crippen molar-refractivity contribution in [1.29, 1.82) is 0 Å². The molecule has 3 nitrogen and oxygen atoms in total. The SMILES string of the molecule is CCC(O)CCNC(=O)c1ccc(Br)c(C)c1. The lowest BCUT2D eigenvalue weighted by molar-refractivity contribution is 0.0942. The van der Waals surface area contributed by atoms with E-state index < -0.39 is 0 Å². The fourth-order valence-electron chi connectivity index (χ4n) is 1.44. The zero-order valence-corrected chi connectivity index (χ0v) is 11.8. The summed E-state index contributed by atoms with van der Waals surface area (Å²) < 4.78 is 0.996. The topological polar surface area (TPSA) is 49.3 Å². The number of halogens is 1. The average molecular weight is 300 g/mol. The average Bonchev–Trinajstić information content (AvgIpc) is 2.32. The molecule has 0 aliphatic carbocycles. The number of amides is 1. The fourth-order valence-corrected chi connectivity index (χ4v) is 1.69. The molecule has 0 fully saturated rings. The Labute approximate surface area is 110 Å². The lowest BCUT2D eigenvalue weighted by Gasteiger charge is -2.09. The molecule has 0 bridgehead atoms. The summed E-state index contributed by atoms with van der Waals surface area (Å²) in [4.78, 5) is 11.8. The minimum Gasteiger partial charge on any atom is -0.393 e. The molecule has 0 saturated carbocycles. The first-order chi connectivity index (χ1) is 8.04. The van der Waals surface area contributed by atoms with Gasteiger partial charge in [-0.2, -0.15) is 0 Å². The Morgan fingerprint density at radius 2 is 2.24 bits per heavy atom. The molecular formula is C13H18BrNO2. The van der Waals surface area contributed by atoms with E-state index in [0.717, 1.165) is 10.0 Å². The molecule has 17 heavy (non-hydrogen) atoms. The van der Waals surface area contributed by atoms with Gasteiger partial charge in [-0.1, -0.05) is 22.9 Å². The molecular weight excluding hydrogens is 282 g/mol. The highest BCUT2D eigenvalue weighted by molar-refractivity contribution is 9.10. The van der Waals surface area contributed by atoms with Gasteiger partial charge in [-0.3, -0.25) is 4.79 Å². The van der Waals surface area contributed by atoms with Crippen molar-refractivity contribution in [2.45, 2.75) is 32.8 Å². The maximum Gasteiger partial charge on any atom is 0.251 e. The number of carbonyl (C=O) groups excluding carboxylic acids is 1. The summed E-state index contributed by atoms with van der Waals surface area (Å²) in [5.41, 5.74) is 1.68. The van der Waals surface area contributed by atoms with Gasteiger partial charge in [0, 0.05) is 16.6 Å². The van der Waals surface area contributed by atoms with E-state index in [2.05, 4.69) is 21.2 Å². The van der Waals surface area contributed by atoms with E-state index >= 15 is 0 Å². The molecule has 0 aliphatic rings. The first kappa shape index (κ1) is 14.2. The summed E-state index contributed by atoms with van der Waals surface area (Å²) in [6, 6.07) is 5.49. The zero-order valence-electron chi connectivity index (χ0n) is 10.2. The van der Waals surface area contributed by atoms with Gasteiger partial charge >= 0.3 is 0 Å². The van der Waals surface area contributed by atoms with Crippen molar-refractivity contribution in [3.63, 3.8) is 0 Å². The number of rotatable bonds is 5. The van der Waals surface area contributed by atoms with Gasteiger partial charge in [-0.15, -0.1) is 0 Å². The standard InChI is InChI=1S/C13H18BrNO2/c1-3-11(16)6-7-15-13(17)10-4-5-12(14)9(2)8-10/h4-5,8,11,16H,3,6-7H2,1-2H3,(H,15,17). The molecule has 0 saturated heterocycles. The lowest BCUT2D eigenvalue weighted by Crippen LogP contribution is -2.27. The second kappa shape index (κ2) is 6.77. The number of benzene rings is 1. The number of hydrogen-bond donors (Lipinski definition) is 2. The van der Waals surface area contributed by atoms with Crippen molar-refractivity contribution >= 4 is 21.8 Å². The van der Waals surface area contributed by atoms with Gasteiger partial charge in [-0.25, -0.2) is 0 Å². The van der Waals surface area contributed by atoms with Crippen LogP contribution in [0.2, 0.25) is 0 Å². The first-order valence-electron chi connectivity index (χ1n) is 5.77. The van der Waals surface area contributed by atoms with Crippen LogP contribution in [0.1, 0.15) is 35.7 Å². The summed E-state index contributed by atoms with van der Waals surface area (Å²) in [7, 11) is 0. The molecule has 1 unspecified atom stereocenters. The Hall–Kier alpha value is -0.870. The van der Waals surface area contributed by atoms with Crippen LogP contribution >= 0.6 is 15.9 Å². The highest BCUT2D eigenvalue weighted by atomic mass is 79.9. The van der Waals surface area contributed by atoms with Crippen LogP contribution in [-0.2, 0) is 0 Å². The minimum atomic E-state index is -0.332. The molecule has 0 heterocycles. The van der Waals surface area contributed by atoms with Gasteiger partial charge in [-0.05, 0) is 43.5 Å². The third-order valence-electron chi connectivity index (χ3n) is 2.65. The van der Waals surface area contributed by atoms with Crippen LogP contribution < -0.4 is 5.32 Å². The number of nitrogens with one attached hydrogen (secondary N) is 1. The zero-order chi connectivity index (χ0) is 12.8. The number of aliphatic hydroxyl groups is 1. The summed E-state index contributed by atoms with van der Waals surface area (Å²) in [5.74, 6) is -0.0936. The van der Waals surface area contributed by atoms with Crippen molar-refractivity contribution in [1.82, 2.24) is 5.32 Å². The quantitative estimate of drug-likeness (QED) is 0.878. The van der Waals surface area contributed by atoms with Crippen molar-refractivity contribution in [3.8, 4) is 0 Å². The Bertz CT molecular complexity index is 393. The van der Waals surface area contributed by atoms with E-state index in [9.17, 15) is 9.90 Å². The van der Waals surface area contributed by atoms with Crippen molar-refractivity contribution in [3.05, 3.63) is 33.8 Å². The van der Waals surface area contributed by atoms with Crippen LogP contribution in [0, 0.1) is 6.92 Å². The molecule has 1 amide bonds. The molecule has 0 aliphatic heterocycles. The van der Waals surface area contributed by atoms with Gasteiger partial charge in [0.05, 0.1) is 6.10 Å². The summed E-state index contributed by atoms with van der Waals surface area (Å²) >= 11 is 3.39. The summed E-state index contributed by atoms with van der Waals surface area (Å²) in [6.45, 7) is 4.37. The van der Waals surface area contributed by atoms with Crippen LogP contribution in [0.5, 0.6) is 0 Å². The first-order valence-corrected chi connectivity index (χ1v) is 6.56. The largest absolute Gasteiger partial charge is 0.393 e. The molecule has 1 rings (SSSR count). The van der Waals surface area contributed by atoms with Gasteiger partial charge < -0.3 is 10.4 Å². The summed E-state index contributed by atoms with van der Waals surface area (Å²) in [5, 5.41) is 12.2. The molecule has 0 spiro atoms. The van der Waals surface area contributed by atoms with Gasteiger partial charge in [0.15, 0.2) is 0 Å². The second-order valence-electron chi connectivity index (χ2n) is 4.07. The Kier molecular flexibility index (Phi) is 5.65. The van der Waals surface area contributed by atoms with Gasteiger partial charge in [0.2, 0.25) is 0 Å². The highest BCUT2D eigenvalue weighted by Gasteiger charge is 2.07. The van der Waals surface area contributed by atoms with E-state index in [1.54, 1.807) is 6.07 Å². The minimum absolute atomic E-state index is 0.0936. The molecule has 1 aromatic carbocycles. The Morgan fingerprint density at radius 3 is 2.82 bits per heavy atom. The summed E-state index contributed by atoms with van der Waals surface area (Å²) in [6.07, 6.45) is 0.979. The normalized spacial score (nSPS) is 12.2. The van der Waals surface area contributed by atoms with E-state index in [1.165, 1.54) is 0 Å².